The van der Waals surface area contributed by atoms with E-state index in [0.29, 0.717) is 23.4 Å². The molecule has 0 aliphatic heterocycles. The van der Waals surface area contributed by atoms with E-state index in [9.17, 15) is 9.59 Å². The predicted octanol–water partition coefficient (Wildman–Crippen LogP) is 1.52. The Kier molecular flexibility index (Phi) is 4.47. The number of carbonyl (C=O) groups is 2. The van der Waals surface area contributed by atoms with E-state index in [4.69, 9.17) is 9.63 Å². The molecule has 0 saturated carbocycles. The molecular formula is C12H18N2O4. The second-order valence-electron chi connectivity index (χ2n) is 4.69. The fourth-order valence-corrected chi connectivity index (χ4v) is 1.73. The van der Waals surface area contributed by atoms with E-state index >= 15 is 0 Å². The molecule has 1 aromatic rings. The summed E-state index contributed by atoms with van der Waals surface area (Å²) < 4.78 is 4.88. The summed E-state index contributed by atoms with van der Waals surface area (Å²) in [5.74, 6) is -0.933. The lowest BCUT2D eigenvalue weighted by Gasteiger charge is -2.16. The van der Waals surface area contributed by atoms with Gasteiger partial charge >= 0.3 is 5.97 Å². The number of carboxylic acids is 1. The van der Waals surface area contributed by atoms with Gasteiger partial charge in [-0.15, -0.1) is 0 Å². The maximum Gasteiger partial charge on any atom is 0.326 e. The summed E-state index contributed by atoms with van der Waals surface area (Å²) in [5, 5.41) is 15.2. The molecule has 6 nitrogen and oxygen atoms in total. The molecule has 1 rings (SSSR count). The third kappa shape index (κ3) is 3.32. The van der Waals surface area contributed by atoms with E-state index in [1.165, 1.54) is 0 Å². The summed E-state index contributed by atoms with van der Waals surface area (Å²) in [7, 11) is 0. The average Bonchev–Trinajstić information content (AvgIpc) is 2.56. The maximum absolute atomic E-state index is 12.0. The number of nitrogens with zero attached hydrogens (tertiary/aromatic N) is 1. The van der Waals surface area contributed by atoms with E-state index < -0.39 is 17.9 Å². The number of carbonyl (C=O) groups excluding carboxylic acids is 1. The number of amides is 1. The molecule has 1 atom stereocenters. The number of rotatable bonds is 5. The van der Waals surface area contributed by atoms with E-state index in [-0.39, 0.29) is 5.92 Å². The lowest BCUT2D eigenvalue weighted by Crippen LogP contribution is -2.41. The van der Waals surface area contributed by atoms with Crippen molar-refractivity contribution in [3.8, 4) is 0 Å². The molecule has 2 N–H and O–H groups in total. The Morgan fingerprint density at radius 1 is 1.39 bits per heavy atom. The van der Waals surface area contributed by atoms with Crippen LogP contribution in [0.4, 0.5) is 0 Å². The molecule has 1 heterocycles. The van der Waals surface area contributed by atoms with Gasteiger partial charge in [0.05, 0.1) is 5.69 Å². The van der Waals surface area contributed by atoms with Crippen LogP contribution in [0.15, 0.2) is 4.52 Å². The first kappa shape index (κ1) is 14.2. The van der Waals surface area contributed by atoms with Gasteiger partial charge in [-0.3, -0.25) is 4.79 Å². The van der Waals surface area contributed by atoms with Gasteiger partial charge in [-0.2, -0.15) is 0 Å². The first-order valence-electron chi connectivity index (χ1n) is 5.79. The zero-order chi connectivity index (χ0) is 13.9. The van der Waals surface area contributed by atoms with Crippen LogP contribution in [-0.4, -0.2) is 28.2 Å². The van der Waals surface area contributed by atoms with E-state index in [2.05, 4.69) is 10.5 Å². The van der Waals surface area contributed by atoms with Crippen LogP contribution in [0, 0.1) is 19.8 Å². The standard InChI is InChI=1S/C12H18N2O4/c1-6(2)5-9(12(16)17)13-11(15)10-7(3)14-18-8(10)4/h6,9H,5H2,1-4H3,(H,13,15)(H,16,17). The fraction of sp³-hybridized carbons (Fsp3) is 0.583. The molecule has 1 aromatic heterocycles. The van der Waals surface area contributed by atoms with Crippen molar-refractivity contribution >= 4 is 11.9 Å². The Morgan fingerprint density at radius 3 is 2.39 bits per heavy atom. The lowest BCUT2D eigenvalue weighted by molar-refractivity contribution is -0.139. The topological polar surface area (TPSA) is 92.4 Å². The summed E-state index contributed by atoms with van der Waals surface area (Å²) in [6.07, 6.45) is 0.379. The SMILES string of the molecule is Cc1noc(C)c1C(=O)NC(CC(C)C)C(=O)O. The molecule has 18 heavy (non-hydrogen) atoms. The number of hydrogen-bond acceptors (Lipinski definition) is 4. The van der Waals surface area contributed by atoms with Crippen molar-refractivity contribution in [2.24, 2.45) is 5.92 Å². The fourth-order valence-electron chi connectivity index (χ4n) is 1.73. The molecule has 0 aromatic carbocycles. The number of hydrogen-bond donors (Lipinski definition) is 2. The minimum absolute atomic E-state index is 0.177. The van der Waals surface area contributed by atoms with Gasteiger partial charge in [-0.05, 0) is 26.2 Å². The van der Waals surface area contributed by atoms with Crippen molar-refractivity contribution in [1.82, 2.24) is 10.5 Å². The second-order valence-corrected chi connectivity index (χ2v) is 4.69. The van der Waals surface area contributed by atoms with Crippen LogP contribution >= 0.6 is 0 Å². The van der Waals surface area contributed by atoms with Crippen molar-refractivity contribution in [2.75, 3.05) is 0 Å². The maximum atomic E-state index is 12.0. The zero-order valence-electron chi connectivity index (χ0n) is 11.0. The zero-order valence-corrected chi connectivity index (χ0v) is 11.0. The van der Waals surface area contributed by atoms with Gasteiger partial charge in [0, 0.05) is 0 Å². The molecule has 6 heteroatoms. The van der Waals surface area contributed by atoms with Crippen LogP contribution in [0.25, 0.3) is 0 Å². The van der Waals surface area contributed by atoms with Crippen molar-refractivity contribution < 1.29 is 19.2 Å². The molecule has 0 aliphatic carbocycles. The molecule has 0 fully saturated rings. The molecule has 0 aliphatic rings. The minimum Gasteiger partial charge on any atom is -0.480 e. The first-order valence-corrected chi connectivity index (χ1v) is 5.79. The Morgan fingerprint density at radius 2 is 2.00 bits per heavy atom. The lowest BCUT2D eigenvalue weighted by atomic mass is 10.0. The predicted molar refractivity (Wildman–Crippen MR) is 64.3 cm³/mol. The molecule has 0 saturated heterocycles. The summed E-state index contributed by atoms with van der Waals surface area (Å²) in [6.45, 7) is 7.06. The van der Waals surface area contributed by atoms with E-state index in [1.807, 2.05) is 13.8 Å². The van der Waals surface area contributed by atoms with Gasteiger partial charge in [-0.25, -0.2) is 4.79 Å². The summed E-state index contributed by atoms with van der Waals surface area (Å²) >= 11 is 0. The first-order chi connectivity index (χ1) is 8.32. The molecule has 0 radical (unpaired) electrons. The largest absolute Gasteiger partial charge is 0.480 e. The summed E-state index contributed by atoms with van der Waals surface area (Å²) in [6, 6.07) is -0.897. The highest BCUT2D eigenvalue weighted by Gasteiger charge is 2.25. The second kappa shape index (κ2) is 5.66. The highest BCUT2D eigenvalue weighted by Crippen LogP contribution is 2.13. The quantitative estimate of drug-likeness (QED) is 0.831. The number of aromatic nitrogens is 1. The molecule has 0 bridgehead atoms. The van der Waals surface area contributed by atoms with Gasteiger partial charge < -0.3 is 14.9 Å². The highest BCUT2D eigenvalue weighted by atomic mass is 16.5. The van der Waals surface area contributed by atoms with E-state index in [1.54, 1.807) is 13.8 Å². The van der Waals surface area contributed by atoms with Crippen LogP contribution in [0.1, 0.15) is 42.1 Å². The van der Waals surface area contributed by atoms with Crippen LogP contribution in [0.3, 0.4) is 0 Å². The monoisotopic (exact) mass is 254 g/mol. The van der Waals surface area contributed by atoms with Gasteiger partial charge in [0.15, 0.2) is 0 Å². The van der Waals surface area contributed by atoms with Crippen molar-refractivity contribution in [2.45, 2.75) is 40.2 Å². The van der Waals surface area contributed by atoms with Crippen LogP contribution in [0.2, 0.25) is 0 Å². The summed E-state index contributed by atoms with van der Waals surface area (Å²) in [5.41, 5.74) is 0.767. The Bertz CT molecular complexity index is 431. The van der Waals surface area contributed by atoms with Crippen molar-refractivity contribution in [3.05, 3.63) is 17.0 Å². The third-order valence-electron chi connectivity index (χ3n) is 2.57. The Hall–Kier alpha value is -1.85. The van der Waals surface area contributed by atoms with Gasteiger partial charge in [-0.1, -0.05) is 19.0 Å². The number of nitrogens with one attached hydrogen (secondary N) is 1. The van der Waals surface area contributed by atoms with Crippen LogP contribution in [-0.2, 0) is 4.79 Å². The third-order valence-corrected chi connectivity index (χ3v) is 2.57. The number of aryl methyl sites for hydroxylation is 2. The van der Waals surface area contributed by atoms with Crippen molar-refractivity contribution in [1.29, 1.82) is 0 Å². The van der Waals surface area contributed by atoms with Crippen LogP contribution in [0.5, 0.6) is 0 Å². The molecule has 100 valence electrons. The smallest absolute Gasteiger partial charge is 0.326 e. The molecule has 0 spiro atoms. The van der Waals surface area contributed by atoms with Gasteiger partial charge in [0.2, 0.25) is 0 Å². The normalized spacial score (nSPS) is 12.5. The Balaban J connectivity index is 2.82. The highest BCUT2D eigenvalue weighted by molar-refractivity contribution is 5.98. The number of aliphatic carboxylic acids is 1. The van der Waals surface area contributed by atoms with E-state index in [0.717, 1.165) is 0 Å². The molecule has 1 unspecified atom stereocenters. The van der Waals surface area contributed by atoms with Gasteiger partial charge in [0.1, 0.15) is 17.4 Å². The average molecular weight is 254 g/mol. The molecular weight excluding hydrogens is 236 g/mol. The number of carboxylic acid groups (broad SMARTS) is 1. The van der Waals surface area contributed by atoms with Crippen LogP contribution < -0.4 is 5.32 Å². The Labute approximate surface area is 105 Å². The molecule has 1 amide bonds. The summed E-state index contributed by atoms with van der Waals surface area (Å²) in [4.78, 5) is 23.0. The van der Waals surface area contributed by atoms with Crippen molar-refractivity contribution in [3.63, 3.8) is 0 Å². The van der Waals surface area contributed by atoms with Gasteiger partial charge in [0.25, 0.3) is 5.91 Å². The minimum atomic E-state index is -1.04.